The molecular formula is C22H31NO5. The van der Waals surface area contributed by atoms with E-state index >= 15 is 0 Å². The van der Waals surface area contributed by atoms with Crippen molar-refractivity contribution in [2.24, 2.45) is 0 Å². The summed E-state index contributed by atoms with van der Waals surface area (Å²) in [6, 6.07) is 5.68. The molecule has 0 aliphatic rings. The largest absolute Gasteiger partial charge is 0.487 e. The van der Waals surface area contributed by atoms with Gasteiger partial charge in [-0.3, -0.25) is 0 Å². The molecule has 0 amide bonds. The first kappa shape index (κ1) is 22.0. The maximum atomic E-state index is 11.4. The van der Waals surface area contributed by atoms with E-state index in [-0.39, 0.29) is 5.41 Å². The highest BCUT2D eigenvalue weighted by Crippen LogP contribution is 2.26. The Morgan fingerprint density at radius 1 is 1.29 bits per heavy atom. The molecule has 0 fully saturated rings. The van der Waals surface area contributed by atoms with Crippen molar-refractivity contribution in [3.63, 3.8) is 0 Å². The molecular weight excluding hydrogens is 358 g/mol. The van der Waals surface area contributed by atoms with Crippen molar-refractivity contribution in [1.82, 2.24) is 4.98 Å². The van der Waals surface area contributed by atoms with Crippen LogP contribution in [0.3, 0.4) is 0 Å². The number of aromatic nitrogens is 1. The second-order valence-electron chi connectivity index (χ2n) is 8.06. The zero-order chi connectivity index (χ0) is 20.9. The van der Waals surface area contributed by atoms with Crippen molar-refractivity contribution in [3.8, 4) is 5.75 Å². The first-order chi connectivity index (χ1) is 13.1. The van der Waals surface area contributed by atoms with Gasteiger partial charge >= 0.3 is 5.97 Å². The molecule has 1 unspecified atom stereocenters. The molecule has 0 aliphatic heterocycles. The number of carbonyl (C=O) groups is 1. The smallest absolute Gasteiger partial charge is 0.333 e. The van der Waals surface area contributed by atoms with Crippen molar-refractivity contribution in [2.75, 3.05) is 6.61 Å². The number of aryl methyl sites for hydroxylation is 2. The first-order valence-corrected chi connectivity index (χ1v) is 9.65. The van der Waals surface area contributed by atoms with E-state index in [1.807, 2.05) is 39.0 Å². The molecule has 2 aromatic rings. The summed E-state index contributed by atoms with van der Waals surface area (Å²) >= 11 is 0. The number of carboxylic acids is 1. The summed E-state index contributed by atoms with van der Waals surface area (Å²) in [5.41, 5.74) is 2.48. The normalized spacial score (nSPS) is 12.8. The Bertz CT molecular complexity index is 804. The molecule has 1 aromatic heterocycles. The van der Waals surface area contributed by atoms with Gasteiger partial charge < -0.3 is 19.0 Å². The van der Waals surface area contributed by atoms with E-state index in [1.165, 1.54) is 0 Å². The lowest BCUT2D eigenvalue weighted by molar-refractivity contribution is -0.150. The Labute approximate surface area is 166 Å². The quantitative estimate of drug-likeness (QED) is 0.675. The number of nitrogens with zero attached hydrogens (tertiary/aromatic N) is 1. The average molecular weight is 389 g/mol. The molecule has 0 aliphatic carbocycles. The monoisotopic (exact) mass is 389 g/mol. The molecule has 6 heteroatoms. The fourth-order valence-corrected chi connectivity index (χ4v) is 2.72. The van der Waals surface area contributed by atoms with Crippen LogP contribution in [0.1, 0.15) is 62.6 Å². The molecule has 1 atom stereocenters. The number of rotatable bonds is 9. The summed E-state index contributed by atoms with van der Waals surface area (Å²) in [6.45, 7) is 12.7. The molecule has 1 aromatic carbocycles. The Kier molecular flexibility index (Phi) is 7.24. The van der Waals surface area contributed by atoms with Gasteiger partial charge in [0.05, 0.1) is 0 Å². The van der Waals surface area contributed by atoms with E-state index in [1.54, 1.807) is 0 Å². The molecule has 0 spiro atoms. The predicted octanol–water partition coefficient (Wildman–Crippen LogP) is 4.59. The van der Waals surface area contributed by atoms with Gasteiger partial charge in [0.25, 0.3) is 0 Å². The second kappa shape index (κ2) is 9.24. The SMILES string of the molecule is CCCOC(Cc1ccc(OCc2nc(C(C)(C)C)oc2C)c(C)c1)C(=O)O. The highest BCUT2D eigenvalue weighted by Gasteiger charge is 2.23. The maximum absolute atomic E-state index is 11.4. The van der Waals surface area contributed by atoms with Crippen LogP contribution in [0.4, 0.5) is 0 Å². The Morgan fingerprint density at radius 3 is 2.54 bits per heavy atom. The number of ether oxygens (including phenoxy) is 2. The van der Waals surface area contributed by atoms with Gasteiger partial charge in [0.1, 0.15) is 23.8 Å². The minimum Gasteiger partial charge on any atom is -0.487 e. The van der Waals surface area contributed by atoms with Crippen LogP contribution in [-0.2, 0) is 28.0 Å². The third-order valence-electron chi connectivity index (χ3n) is 4.36. The van der Waals surface area contributed by atoms with Gasteiger partial charge in [0.15, 0.2) is 12.0 Å². The third kappa shape index (κ3) is 5.83. The van der Waals surface area contributed by atoms with E-state index in [0.717, 1.165) is 34.8 Å². The van der Waals surface area contributed by atoms with Crippen LogP contribution in [0.2, 0.25) is 0 Å². The number of hydrogen-bond donors (Lipinski definition) is 1. The zero-order valence-electron chi connectivity index (χ0n) is 17.7. The number of carboxylic acid groups (broad SMARTS) is 1. The topological polar surface area (TPSA) is 81.8 Å². The summed E-state index contributed by atoms with van der Waals surface area (Å²) in [5.74, 6) is 1.26. The van der Waals surface area contributed by atoms with Crippen molar-refractivity contribution in [1.29, 1.82) is 0 Å². The Balaban J connectivity index is 2.04. The van der Waals surface area contributed by atoms with Crippen LogP contribution in [0, 0.1) is 13.8 Å². The summed E-state index contributed by atoms with van der Waals surface area (Å²) in [7, 11) is 0. The van der Waals surface area contributed by atoms with Crippen molar-refractivity contribution in [3.05, 3.63) is 46.7 Å². The average Bonchev–Trinajstić information content (AvgIpc) is 2.99. The van der Waals surface area contributed by atoms with Crippen LogP contribution in [0.5, 0.6) is 5.75 Å². The van der Waals surface area contributed by atoms with Gasteiger partial charge in [0.2, 0.25) is 0 Å². The van der Waals surface area contributed by atoms with Crippen LogP contribution >= 0.6 is 0 Å². The summed E-state index contributed by atoms with van der Waals surface area (Å²) in [5, 5.41) is 9.31. The van der Waals surface area contributed by atoms with Gasteiger partial charge in [-0.05, 0) is 37.5 Å². The Hall–Kier alpha value is -2.34. The van der Waals surface area contributed by atoms with E-state index < -0.39 is 12.1 Å². The molecule has 1 heterocycles. The lowest BCUT2D eigenvalue weighted by atomic mass is 9.97. The number of oxazole rings is 1. The highest BCUT2D eigenvalue weighted by atomic mass is 16.5. The third-order valence-corrected chi connectivity index (χ3v) is 4.36. The minimum atomic E-state index is -0.942. The van der Waals surface area contributed by atoms with Crippen LogP contribution < -0.4 is 4.74 Å². The van der Waals surface area contributed by atoms with E-state index in [2.05, 4.69) is 25.8 Å². The molecule has 2 rings (SSSR count). The van der Waals surface area contributed by atoms with Crippen molar-refractivity contribution >= 4 is 5.97 Å². The van der Waals surface area contributed by atoms with Crippen LogP contribution in [0.25, 0.3) is 0 Å². The van der Waals surface area contributed by atoms with Gasteiger partial charge in [-0.2, -0.15) is 0 Å². The summed E-state index contributed by atoms with van der Waals surface area (Å²) in [4.78, 5) is 15.9. The molecule has 1 N–H and O–H groups in total. The number of hydrogen-bond acceptors (Lipinski definition) is 5. The van der Waals surface area contributed by atoms with Crippen molar-refractivity contribution < 1.29 is 23.8 Å². The lowest BCUT2D eigenvalue weighted by Crippen LogP contribution is -2.26. The maximum Gasteiger partial charge on any atom is 0.333 e. The molecule has 0 saturated heterocycles. The van der Waals surface area contributed by atoms with Crippen molar-refractivity contribution in [2.45, 2.75) is 72.5 Å². The summed E-state index contributed by atoms with van der Waals surface area (Å²) in [6.07, 6.45) is 0.279. The Morgan fingerprint density at radius 2 is 2.00 bits per heavy atom. The highest BCUT2D eigenvalue weighted by molar-refractivity contribution is 5.72. The summed E-state index contributed by atoms with van der Waals surface area (Å²) < 4.78 is 17.1. The second-order valence-corrected chi connectivity index (χ2v) is 8.06. The van der Waals surface area contributed by atoms with Crippen LogP contribution in [-0.4, -0.2) is 28.8 Å². The number of benzene rings is 1. The fraction of sp³-hybridized carbons (Fsp3) is 0.545. The molecule has 154 valence electrons. The molecule has 0 radical (unpaired) electrons. The van der Waals surface area contributed by atoms with E-state index in [9.17, 15) is 9.90 Å². The van der Waals surface area contributed by atoms with Gasteiger partial charge in [-0.25, -0.2) is 9.78 Å². The molecule has 0 saturated carbocycles. The first-order valence-electron chi connectivity index (χ1n) is 9.65. The van der Waals surface area contributed by atoms with E-state index in [0.29, 0.717) is 25.5 Å². The molecule has 6 nitrogen and oxygen atoms in total. The molecule has 0 bridgehead atoms. The minimum absolute atomic E-state index is 0.152. The number of aliphatic carboxylic acids is 1. The predicted molar refractivity (Wildman–Crippen MR) is 107 cm³/mol. The standard InChI is InChI=1S/C22H31NO5/c1-7-10-26-19(20(24)25)12-16-8-9-18(14(2)11-16)27-13-17-15(3)28-21(23-17)22(4,5)6/h8-9,11,19H,7,10,12-13H2,1-6H3,(H,24,25). The zero-order valence-corrected chi connectivity index (χ0v) is 17.7. The van der Waals surface area contributed by atoms with Crippen LogP contribution in [0.15, 0.2) is 22.6 Å². The fourth-order valence-electron chi connectivity index (χ4n) is 2.72. The van der Waals surface area contributed by atoms with Gasteiger partial charge in [-0.15, -0.1) is 0 Å². The van der Waals surface area contributed by atoms with Gasteiger partial charge in [-0.1, -0.05) is 39.8 Å². The molecule has 28 heavy (non-hydrogen) atoms. The lowest BCUT2D eigenvalue weighted by Gasteiger charge is -2.15. The van der Waals surface area contributed by atoms with Gasteiger partial charge in [0, 0.05) is 18.4 Å². The van der Waals surface area contributed by atoms with E-state index in [4.69, 9.17) is 13.9 Å².